The zero-order chi connectivity index (χ0) is 14.5. The van der Waals surface area contributed by atoms with Gasteiger partial charge >= 0.3 is 0 Å². The third kappa shape index (κ3) is 4.84. The molecule has 1 rings (SSSR count). The van der Waals surface area contributed by atoms with Gasteiger partial charge in [-0.25, -0.2) is 0 Å². The van der Waals surface area contributed by atoms with Crippen molar-refractivity contribution in [1.29, 1.82) is 0 Å². The average molecular weight is 264 g/mol. The third-order valence-corrected chi connectivity index (χ3v) is 3.86. The van der Waals surface area contributed by atoms with Crippen LogP contribution in [0.4, 0.5) is 0 Å². The van der Waals surface area contributed by atoms with Crippen LogP contribution in [-0.2, 0) is 0 Å². The minimum Gasteiger partial charge on any atom is -0.494 e. The molecule has 0 aliphatic rings. The third-order valence-electron chi connectivity index (χ3n) is 3.86. The summed E-state index contributed by atoms with van der Waals surface area (Å²) >= 11 is 0. The van der Waals surface area contributed by atoms with Gasteiger partial charge in [0, 0.05) is 6.04 Å². The van der Waals surface area contributed by atoms with Gasteiger partial charge in [-0.1, -0.05) is 39.8 Å². The van der Waals surface area contributed by atoms with E-state index >= 15 is 0 Å². The Morgan fingerprint density at radius 1 is 1.21 bits per heavy atom. The second kappa shape index (κ2) is 6.92. The fraction of sp³-hybridized carbons (Fsp3) is 0.625. The number of ether oxygens (including phenoxy) is 1. The van der Waals surface area contributed by atoms with E-state index in [0.29, 0.717) is 17.9 Å². The molecule has 3 nitrogen and oxygen atoms in total. The summed E-state index contributed by atoms with van der Waals surface area (Å²) in [6.07, 6.45) is 1.02. The van der Waals surface area contributed by atoms with Crippen molar-refractivity contribution in [3.63, 3.8) is 0 Å². The molecule has 0 aromatic heterocycles. The molecule has 108 valence electrons. The van der Waals surface area contributed by atoms with Crippen LogP contribution in [0, 0.1) is 11.3 Å². The summed E-state index contributed by atoms with van der Waals surface area (Å²) in [4.78, 5) is 0. The molecular weight excluding hydrogens is 236 g/mol. The summed E-state index contributed by atoms with van der Waals surface area (Å²) in [5, 5.41) is 0. The highest BCUT2D eigenvalue weighted by Crippen LogP contribution is 2.33. The van der Waals surface area contributed by atoms with E-state index in [4.69, 9.17) is 10.6 Å². The van der Waals surface area contributed by atoms with Crippen LogP contribution in [0.2, 0.25) is 0 Å². The highest BCUT2D eigenvalue weighted by molar-refractivity contribution is 5.29. The van der Waals surface area contributed by atoms with Crippen molar-refractivity contribution in [3.05, 3.63) is 29.8 Å². The first-order valence-electron chi connectivity index (χ1n) is 7.07. The first-order chi connectivity index (χ1) is 8.88. The van der Waals surface area contributed by atoms with Crippen molar-refractivity contribution < 1.29 is 4.74 Å². The Bertz CT molecular complexity index is 367. The highest BCUT2D eigenvalue weighted by Gasteiger charge is 2.23. The summed E-state index contributed by atoms with van der Waals surface area (Å²) in [6, 6.07) is 8.37. The molecule has 3 heteroatoms. The fourth-order valence-corrected chi connectivity index (χ4v) is 1.97. The Morgan fingerprint density at radius 3 is 2.21 bits per heavy atom. The van der Waals surface area contributed by atoms with Crippen LogP contribution in [0.3, 0.4) is 0 Å². The summed E-state index contributed by atoms with van der Waals surface area (Å²) in [6.45, 7) is 11.8. The number of nitrogens with one attached hydrogen (secondary N) is 1. The smallest absolute Gasteiger partial charge is 0.119 e. The van der Waals surface area contributed by atoms with Crippen molar-refractivity contribution in [1.82, 2.24) is 5.43 Å². The van der Waals surface area contributed by atoms with Crippen molar-refractivity contribution in [2.45, 2.75) is 47.1 Å². The summed E-state index contributed by atoms with van der Waals surface area (Å²) in [5.74, 6) is 7.20. The number of hydrogen-bond donors (Lipinski definition) is 2. The maximum atomic E-state index is 5.71. The molecule has 0 saturated heterocycles. The van der Waals surface area contributed by atoms with E-state index in [1.165, 1.54) is 5.56 Å². The molecule has 2 atom stereocenters. The molecule has 0 aliphatic heterocycles. The molecule has 0 spiro atoms. The molecule has 0 heterocycles. The van der Waals surface area contributed by atoms with Gasteiger partial charge in [0.15, 0.2) is 0 Å². The van der Waals surface area contributed by atoms with Gasteiger partial charge in [0.2, 0.25) is 0 Å². The second-order valence-electron chi connectivity index (χ2n) is 6.22. The molecule has 0 bridgehead atoms. The molecule has 0 saturated carbocycles. The minimum absolute atomic E-state index is 0.185. The van der Waals surface area contributed by atoms with E-state index in [2.05, 4.69) is 45.3 Å². The van der Waals surface area contributed by atoms with Crippen LogP contribution in [0.15, 0.2) is 24.3 Å². The Hall–Kier alpha value is -1.06. The number of rotatable bonds is 6. The molecular formula is C16H28N2O. The quantitative estimate of drug-likeness (QED) is 0.609. The van der Waals surface area contributed by atoms with Crippen molar-refractivity contribution >= 4 is 0 Å². The van der Waals surface area contributed by atoms with E-state index < -0.39 is 0 Å². The van der Waals surface area contributed by atoms with Gasteiger partial charge in [0.05, 0.1) is 6.61 Å². The van der Waals surface area contributed by atoms with Gasteiger partial charge in [-0.2, -0.15) is 0 Å². The summed E-state index contributed by atoms with van der Waals surface area (Å²) < 4.78 is 5.46. The van der Waals surface area contributed by atoms with Crippen molar-refractivity contribution in [3.8, 4) is 5.75 Å². The Kier molecular flexibility index (Phi) is 5.83. The van der Waals surface area contributed by atoms with Gasteiger partial charge in [-0.15, -0.1) is 0 Å². The van der Waals surface area contributed by atoms with E-state index in [9.17, 15) is 0 Å². The van der Waals surface area contributed by atoms with E-state index in [1.54, 1.807) is 0 Å². The van der Waals surface area contributed by atoms with Gasteiger partial charge in [-0.05, 0) is 42.4 Å². The summed E-state index contributed by atoms with van der Waals surface area (Å²) in [7, 11) is 0. The van der Waals surface area contributed by atoms with Crippen LogP contribution in [0.5, 0.6) is 5.75 Å². The lowest BCUT2D eigenvalue weighted by Gasteiger charge is -2.30. The lowest BCUT2D eigenvalue weighted by atomic mass is 9.77. The molecule has 0 radical (unpaired) electrons. The number of hydrazine groups is 1. The molecule has 3 N–H and O–H groups in total. The van der Waals surface area contributed by atoms with E-state index in [1.807, 2.05) is 19.1 Å². The standard InChI is InChI=1S/C16H28N2O/c1-6-19-14-9-7-13(8-10-14)15(18-17)11-12(2)16(3,4)5/h7-10,12,15,18H,6,11,17H2,1-5H3. The molecule has 19 heavy (non-hydrogen) atoms. The lowest BCUT2D eigenvalue weighted by Crippen LogP contribution is -2.31. The maximum Gasteiger partial charge on any atom is 0.119 e. The highest BCUT2D eigenvalue weighted by atomic mass is 16.5. The molecule has 1 aromatic rings. The van der Waals surface area contributed by atoms with Gasteiger partial charge < -0.3 is 4.74 Å². The minimum atomic E-state index is 0.185. The topological polar surface area (TPSA) is 47.3 Å². The SMILES string of the molecule is CCOc1ccc(C(CC(C)C(C)(C)C)NN)cc1. The average Bonchev–Trinajstić information content (AvgIpc) is 2.36. The predicted octanol–water partition coefficient (Wildman–Crippen LogP) is 3.66. The molecule has 0 amide bonds. The monoisotopic (exact) mass is 264 g/mol. The first-order valence-corrected chi connectivity index (χ1v) is 7.07. The number of benzene rings is 1. The molecule has 2 unspecified atom stereocenters. The Labute approximate surface area is 117 Å². The second-order valence-corrected chi connectivity index (χ2v) is 6.22. The van der Waals surface area contributed by atoms with Crippen LogP contribution in [0.1, 0.15) is 52.6 Å². The van der Waals surface area contributed by atoms with Crippen LogP contribution in [-0.4, -0.2) is 6.61 Å². The maximum absolute atomic E-state index is 5.71. The number of hydrogen-bond acceptors (Lipinski definition) is 3. The zero-order valence-electron chi connectivity index (χ0n) is 12.9. The van der Waals surface area contributed by atoms with Gasteiger partial charge in [-0.3, -0.25) is 11.3 Å². The van der Waals surface area contributed by atoms with Crippen LogP contribution < -0.4 is 16.0 Å². The van der Waals surface area contributed by atoms with Gasteiger partial charge in [0.1, 0.15) is 5.75 Å². The van der Waals surface area contributed by atoms with Crippen LogP contribution in [0.25, 0.3) is 0 Å². The van der Waals surface area contributed by atoms with E-state index in [0.717, 1.165) is 12.2 Å². The largest absolute Gasteiger partial charge is 0.494 e. The lowest BCUT2D eigenvalue weighted by molar-refractivity contribution is 0.223. The van der Waals surface area contributed by atoms with E-state index in [-0.39, 0.29) is 6.04 Å². The van der Waals surface area contributed by atoms with Crippen LogP contribution >= 0.6 is 0 Å². The normalized spacial score (nSPS) is 15.1. The van der Waals surface area contributed by atoms with Crippen molar-refractivity contribution in [2.24, 2.45) is 17.2 Å². The number of nitrogens with two attached hydrogens (primary N) is 1. The predicted molar refractivity (Wildman–Crippen MR) is 80.9 cm³/mol. The summed E-state index contributed by atoms with van der Waals surface area (Å²) in [5.41, 5.74) is 4.43. The van der Waals surface area contributed by atoms with Gasteiger partial charge in [0.25, 0.3) is 0 Å². The molecule has 0 aliphatic carbocycles. The Morgan fingerprint density at radius 2 is 1.79 bits per heavy atom. The van der Waals surface area contributed by atoms with Crippen molar-refractivity contribution in [2.75, 3.05) is 6.61 Å². The zero-order valence-corrected chi connectivity index (χ0v) is 12.9. The fourth-order valence-electron chi connectivity index (χ4n) is 1.97. The Balaban J connectivity index is 2.74. The first kappa shape index (κ1) is 16.0. The molecule has 0 fully saturated rings. The molecule has 1 aromatic carbocycles.